The lowest BCUT2D eigenvalue weighted by molar-refractivity contribution is -0.107. The summed E-state index contributed by atoms with van der Waals surface area (Å²) in [6, 6.07) is 0. The fraction of sp³-hybridized carbons (Fsp3) is 0.733. The normalized spacial score (nSPS) is 27.8. The highest BCUT2D eigenvalue weighted by Gasteiger charge is 2.49. The maximum atomic E-state index is 12.0. The Bertz CT molecular complexity index is 520. The van der Waals surface area contributed by atoms with E-state index in [0.717, 1.165) is 5.57 Å². The summed E-state index contributed by atoms with van der Waals surface area (Å²) in [5.74, 6) is 0.0879. The van der Waals surface area contributed by atoms with Gasteiger partial charge in [-0.2, -0.15) is 8.42 Å². The molecule has 122 valence electrons. The van der Waals surface area contributed by atoms with E-state index in [1.807, 2.05) is 20.8 Å². The second-order valence-electron chi connectivity index (χ2n) is 5.42. The molecule has 0 saturated carbocycles. The van der Waals surface area contributed by atoms with Crippen LogP contribution >= 0.6 is 0 Å². The zero-order valence-corrected chi connectivity index (χ0v) is 14.2. The molecular weight excluding hydrogens is 292 g/mol. The summed E-state index contributed by atoms with van der Waals surface area (Å²) in [4.78, 5) is 0. The van der Waals surface area contributed by atoms with Crippen molar-refractivity contribution >= 4 is 10.1 Å². The average Bonchev–Trinajstić information content (AvgIpc) is 2.37. The molecule has 3 atom stereocenters. The average molecular weight is 318 g/mol. The minimum Gasteiger partial charge on any atom is -0.469 e. The SMILES string of the molecule is CCC[C@]1(S(=O)(=O)O)C=CC(C)=C(OC(C)OCC)C1C. The van der Waals surface area contributed by atoms with Crippen LogP contribution in [0.15, 0.2) is 23.5 Å². The Morgan fingerprint density at radius 1 is 1.43 bits per heavy atom. The van der Waals surface area contributed by atoms with Gasteiger partial charge in [-0.05, 0) is 32.8 Å². The standard InChI is InChI=1S/C15H26O5S/c1-6-9-15(21(16,17)18)10-8-11(3)14(12(15)4)20-13(5)19-7-2/h8,10,12-13H,6-7,9H2,1-5H3,(H,16,17,18)/t12?,13?,15-/m0/s1. The Balaban J connectivity index is 3.19. The molecule has 1 N–H and O–H groups in total. The van der Waals surface area contributed by atoms with Gasteiger partial charge in [-0.3, -0.25) is 4.55 Å². The van der Waals surface area contributed by atoms with E-state index < -0.39 is 27.1 Å². The van der Waals surface area contributed by atoms with Crippen LogP contribution in [0.3, 0.4) is 0 Å². The Kier molecular flexibility index (Phi) is 6.01. The lowest BCUT2D eigenvalue weighted by atomic mass is 9.82. The van der Waals surface area contributed by atoms with Gasteiger partial charge in [-0.1, -0.05) is 32.4 Å². The predicted octanol–water partition coefficient (Wildman–Crippen LogP) is 3.29. The Hall–Kier alpha value is -0.850. The van der Waals surface area contributed by atoms with Gasteiger partial charge < -0.3 is 9.47 Å². The Morgan fingerprint density at radius 2 is 2.05 bits per heavy atom. The molecule has 0 heterocycles. The van der Waals surface area contributed by atoms with Crippen LogP contribution in [-0.2, 0) is 19.6 Å². The van der Waals surface area contributed by atoms with Crippen molar-refractivity contribution in [2.75, 3.05) is 6.61 Å². The third kappa shape index (κ3) is 3.67. The van der Waals surface area contributed by atoms with Gasteiger partial charge in [0.1, 0.15) is 10.5 Å². The first-order chi connectivity index (χ1) is 9.69. The molecule has 0 aromatic carbocycles. The van der Waals surface area contributed by atoms with E-state index in [-0.39, 0.29) is 0 Å². The van der Waals surface area contributed by atoms with Crippen LogP contribution in [0.5, 0.6) is 0 Å². The van der Waals surface area contributed by atoms with Crippen molar-refractivity contribution in [2.24, 2.45) is 5.92 Å². The number of rotatable bonds is 7. The molecule has 2 unspecified atom stereocenters. The Labute approximate surface area is 127 Å². The molecule has 0 amide bonds. The lowest BCUT2D eigenvalue weighted by Gasteiger charge is -2.38. The molecule has 0 aromatic heterocycles. The fourth-order valence-electron chi connectivity index (χ4n) is 2.83. The number of hydrogen-bond acceptors (Lipinski definition) is 4. The van der Waals surface area contributed by atoms with Crippen LogP contribution in [0, 0.1) is 5.92 Å². The van der Waals surface area contributed by atoms with Crippen molar-refractivity contribution in [1.82, 2.24) is 0 Å². The number of ether oxygens (including phenoxy) is 2. The number of hydrogen-bond donors (Lipinski definition) is 1. The summed E-state index contributed by atoms with van der Waals surface area (Å²) in [6.45, 7) is 9.66. The second kappa shape index (κ2) is 6.94. The van der Waals surface area contributed by atoms with Crippen LogP contribution in [-0.4, -0.2) is 30.6 Å². The molecule has 1 aliphatic rings. The van der Waals surface area contributed by atoms with Gasteiger partial charge in [0.2, 0.25) is 0 Å². The molecule has 1 rings (SSSR count). The zero-order valence-electron chi connectivity index (χ0n) is 13.4. The van der Waals surface area contributed by atoms with Crippen LogP contribution in [0.2, 0.25) is 0 Å². The summed E-state index contributed by atoms with van der Waals surface area (Å²) in [5, 5.41) is 0. The first-order valence-corrected chi connectivity index (χ1v) is 8.78. The van der Waals surface area contributed by atoms with Gasteiger partial charge in [-0.25, -0.2) is 0 Å². The Morgan fingerprint density at radius 3 is 2.52 bits per heavy atom. The predicted molar refractivity (Wildman–Crippen MR) is 82.4 cm³/mol. The van der Waals surface area contributed by atoms with Crippen molar-refractivity contribution in [3.63, 3.8) is 0 Å². The highest BCUT2D eigenvalue weighted by atomic mass is 32.2. The number of allylic oxidation sites excluding steroid dienone is 3. The van der Waals surface area contributed by atoms with Gasteiger partial charge in [-0.15, -0.1) is 0 Å². The van der Waals surface area contributed by atoms with Crippen LogP contribution in [0.4, 0.5) is 0 Å². The highest BCUT2D eigenvalue weighted by Crippen LogP contribution is 2.42. The first kappa shape index (κ1) is 18.2. The first-order valence-electron chi connectivity index (χ1n) is 7.34. The van der Waals surface area contributed by atoms with E-state index in [1.165, 1.54) is 0 Å². The van der Waals surface area contributed by atoms with E-state index in [9.17, 15) is 13.0 Å². The molecule has 21 heavy (non-hydrogen) atoms. The van der Waals surface area contributed by atoms with Gasteiger partial charge >= 0.3 is 0 Å². The topological polar surface area (TPSA) is 72.8 Å². The molecule has 0 aliphatic heterocycles. The van der Waals surface area contributed by atoms with Crippen LogP contribution < -0.4 is 0 Å². The molecular formula is C15H26O5S. The lowest BCUT2D eigenvalue weighted by Crippen LogP contribution is -2.45. The van der Waals surface area contributed by atoms with Gasteiger partial charge in [0.15, 0.2) is 6.29 Å². The van der Waals surface area contributed by atoms with Crippen molar-refractivity contribution < 1.29 is 22.4 Å². The molecule has 0 bridgehead atoms. The summed E-state index contributed by atoms with van der Waals surface area (Å²) in [5.41, 5.74) is 0.851. The molecule has 0 fully saturated rings. The van der Waals surface area contributed by atoms with Gasteiger partial charge in [0.05, 0.1) is 0 Å². The molecule has 5 nitrogen and oxygen atoms in total. The third-order valence-corrected chi connectivity index (χ3v) is 5.60. The van der Waals surface area contributed by atoms with E-state index in [2.05, 4.69) is 0 Å². The monoisotopic (exact) mass is 318 g/mol. The minimum absolute atomic E-state index is 0.340. The summed E-state index contributed by atoms with van der Waals surface area (Å²) in [7, 11) is -4.25. The van der Waals surface area contributed by atoms with Crippen molar-refractivity contribution in [2.45, 2.75) is 58.5 Å². The van der Waals surface area contributed by atoms with Gasteiger partial charge in [0, 0.05) is 12.5 Å². The van der Waals surface area contributed by atoms with Crippen molar-refractivity contribution in [3.05, 3.63) is 23.5 Å². The summed E-state index contributed by atoms with van der Waals surface area (Å²) < 4.78 is 43.5. The quantitative estimate of drug-likeness (QED) is 0.576. The minimum atomic E-state index is -4.25. The maximum Gasteiger partial charge on any atom is 0.275 e. The molecule has 0 aromatic rings. The summed E-state index contributed by atoms with van der Waals surface area (Å²) >= 11 is 0. The van der Waals surface area contributed by atoms with E-state index >= 15 is 0 Å². The smallest absolute Gasteiger partial charge is 0.275 e. The van der Waals surface area contributed by atoms with E-state index in [4.69, 9.17) is 9.47 Å². The maximum absolute atomic E-state index is 12.0. The van der Waals surface area contributed by atoms with Gasteiger partial charge in [0.25, 0.3) is 10.1 Å². The van der Waals surface area contributed by atoms with Crippen LogP contribution in [0.25, 0.3) is 0 Å². The second-order valence-corrected chi connectivity index (χ2v) is 7.13. The summed E-state index contributed by atoms with van der Waals surface area (Å²) in [6.07, 6.45) is 3.81. The molecule has 1 aliphatic carbocycles. The largest absolute Gasteiger partial charge is 0.469 e. The van der Waals surface area contributed by atoms with E-state index in [0.29, 0.717) is 25.2 Å². The fourth-order valence-corrected chi connectivity index (χ4v) is 4.08. The molecule has 0 radical (unpaired) electrons. The molecule has 0 saturated heterocycles. The van der Waals surface area contributed by atoms with Crippen LogP contribution in [0.1, 0.15) is 47.5 Å². The zero-order chi connectivity index (χ0) is 16.3. The van der Waals surface area contributed by atoms with Crippen molar-refractivity contribution in [3.8, 4) is 0 Å². The van der Waals surface area contributed by atoms with E-state index in [1.54, 1.807) is 26.0 Å². The molecule has 6 heteroatoms. The van der Waals surface area contributed by atoms with Crippen molar-refractivity contribution in [1.29, 1.82) is 0 Å². The highest BCUT2D eigenvalue weighted by molar-refractivity contribution is 7.87. The third-order valence-electron chi connectivity index (χ3n) is 3.95. The molecule has 0 spiro atoms.